The molecule has 12 heavy (non-hydrogen) atoms. The van der Waals surface area contributed by atoms with Gasteiger partial charge in [-0.1, -0.05) is 0 Å². The van der Waals surface area contributed by atoms with E-state index in [2.05, 4.69) is 11.2 Å². The topological polar surface area (TPSA) is 67.1 Å². The molecule has 0 unspecified atom stereocenters. The number of carbonyl (C=O) groups excluding carboxylic acids is 1. The maximum atomic E-state index is 11.5. The molecule has 2 amide bonds. The normalized spacial score (nSPS) is 11.0. The maximum Gasteiger partial charge on any atom is 0.441 e. The van der Waals surface area contributed by atoms with Gasteiger partial charge in [-0.15, -0.1) is 0 Å². The first kappa shape index (κ1) is 11.4. The van der Waals surface area contributed by atoms with Gasteiger partial charge in [-0.25, -0.2) is 10.6 Å². The number of nitrogens with one attached hydrogen (secondary N) is 2. The Morgan fingerprint density at radius 3 is 2.50 bits per heavy atom. The van der Waals surface area contributed by atoms with Crippen LogP contribution in [0.1, 0.15) is 0 Å². The highest BCUT2D eigenvalue weighted by atomic mass is 32.2. The summed E-state index contributed by atoms with van der Waals surface area (Å²) in [5.41, 5.74) is -2.53. The number of thioether (sulfide) groups is 1. The number of amides is 2. The number of halogens is 3. The first-order valence-corrected chi connectivity index (χ1v) is 3.89. The monoisotopic (exact) mass is 203 g/mol. The predicted molar refractivity (Wildman–Crippen MR) is 39.2 cm³/mol. The van der Waals surface area contributed by atoms with Crippen LogP contribution in [0.2, 0.25) is 0 Å². The molecule has 0 aromatic carbocycles. The summed E-state index contributed by atoms with van der Waals surface area (Å²) in [5.74, 6) is 4.42. The highest BCUT2D eigenvalue weighted by Crippen LogP contribution is 2.29. The third kappa shape index (κ3) is 7.48. The van der Waals surface area contributed by atoms with Crippen molar-refractivity contribution in [3.8, 4) is 0 Å². The minimum atomic E-state index is -4.25. The van der Waals surface area contributed by atoms with E-state index in [1.165, 1.54) is 0 Å². The van der Waals surface area contributed by atoms with Gasteiger partial charge in [0, 0.05) is 12.3 Å². The number of hydrazine groups is 1. The molecule has 0 bridgehead atoms. The molecule has 0 radical (unpaired) electrons. The lowest BCUT2D eigenvalue weighted by Crippen LogP contribution is -2.40. The molecule has 8 heteroatoms. The second-order valence-corrected chi connectivity index (χ2v) is 2.85. The molecule has 0 saturated carbocycles. The average Bonchev–Trinajstić information content (AvgIpc) is 1.96. The fourth-order valence-corrected chi connectivity index (χ4v) is 0.818. The Morgan fingerprint density at radius 2 is 2.08 bits per heavy atom. The van der Waals surface area contributed by atoms with Crippen LogP contribution in [0.4, 0.5) is 18.0 Å². The van der Waals surface area contributed by atoms with E-state index < -0.39 is 11.5 Å². The van der Waals surface area contributed by atoms with Gasteiger partial charge in [0.15, 0.2) is 0 Å². The fourth-order valence-electron chi connectivity index (χ4n) is 0.382. The Labute approximate surface area is 71.0 Å². The predicted octanol–water partition coefficient (Wildman–Crippen LogP) is 0.412. The van der Waals surface area contributed by atoms with Crippen molar-refractivity contribution in [1.82, 2.24) is 10.7 Å². The summed E-state index contributed by atoms with van der Waals surface area (Å²) in [7, 11) is 0. The van der Waals surface area contributed by atoms with Gasteiger partial charge in [-0.05, 0) is 11.8 Å². The molecule has 4 N–H and O–H groups in total. The second-order valence-electron chi connectivity index (χ2n) is 1.69. The van der Waals surface area contributed by atoms with Gasteiger partial charge >= 0.3 is 11.5 Å². The molecule has 0 saturated heterocycles. The van der Waals surface area contributed by atoms with Gasteiger partial charge in [0.05, 0.1) is 0 Å². The molecule has 0 heterocycles. The zero-order valence-corrected chi connectivity index (χ0v) is 6.76. The largest absolute Gasteiger partial charge is 0.441 e. The smallest absolute Gasteiger partial charge is 0.336 e. The summed E-state index contributed by atoms with van der Waals surface area (Å²) < 4.78 is 34.4. The lowest BCUT2D eigenvalue weighted by molar-refractivity contribution is -0.0327. The number of alkyl halides is 3. The lowest BCUT2D eigenvalue weighted by atomic mass is 10.7. The highest BCUT2D eigenvalue weighted by molar-refractivity contribution is 8.00. The minimum absolute atomic E-state index is 0.0762. The maximum absolute atomic E-state index is 11.5. The zero-order valence-electron chi connectivity index (χ0n) is 5.94. The molecule has 0 spiro atoms. The van der Waals surface area contributed by atoms with E-state index in [9.17, 15) is 18.0 Å². The Hall–Kier alpha value is -0.630. The van der Waals surface area contributed by atoms with Crippen molar-refractivity contribution in [1.29, 1.82) is 0 Å². The van der Waals surface area contributed by atoms with E-state index >= 15 is 0 Å². The second kappa shape index (κ2) is 5.09. The summed E-state index contributed by atoms with van der Waals surface area (Å²) in [6.45, 7) is -0.0762. The summed E-state index contributed by atoms with van der Waals surface area (Å²) >= 11 is -0.197. The van der Waals surface area contributed by atoms with Gasteiger partial charge < -0.3 is 5.32 Å². The van der Waals surface area contributed by atoms with Crippen LogP contribution in [0.15, 0.2) is 0 Å². The molecule has 0 aliphatic heterocycles. The molecule has 0 rings (SSSR count). The number of hydrogen-bond donors (Lipinski definition) is 3. The fraction of sp³-hybridized carbons (Fsp3) is 0.750. The van der Waals surface area contributed by atoms with Crippen LogP contribution in [0, 0.1) is 0 Å². The Bertz CT molecular complexity index is 151. The van der Waals surface area contributed by atoms with Crippen LogP contribution in [0.5, 0.6) is 0 Å². The summed E-state index contributed by atoms with van der Waals surface area (Å²) in [6, 6.07) is -0.697. The van der Waals surface area contributed by atoms with Crippen molar-refractivity contribution in [2.75, 3.05) is 12.3 Å². The Balaban J connectivity index is 3.28. The Kier molecular flexibility index (Phi) is 4.83. The van der Waals surface area contributed by atoms with E-state index in [1.807, 2.05) is 0 Å². The third-order valence-electron chi connectivity index (χ3n) is 0.784. The van der Waals surface area contributed by atoms with Crippen molar-refractivity contribution in [3.05, 3.63) is 0 Å². The number of carbonyl (C=O) groups is 1. The SMILES string of the molecule is NNC(=O)NCCSC(F)(F)F. The lowest BCUT2D eigenvalue weighted by Gasteiger charge is -2.05. The summed E-state index contributed by atoms with van der Waals surface area (Å²) in [4.78, 5) is 10.3. The molecule has 0 aromatic rings. The number of nitrogens with two attached hydrogens (primary N) is 1. The van der Waals surface area contributed by atoms with Crippen LogP contribution in [-0.4, -0.2) is 23.8 Å². The van der Waals surface area contributed by atoms with E-state index in [-0.39, 0.29) is 24.1 Å². The van der Waals surface area contributed by atoms with Gasteiger partial charge in [-0.3, -0.25) is 5.43 Å². The van der Waals surface area contributed by atoms with E-state index in [0.29, 0.717) is 0 Å². The van der Waals surface area contributed by atoms with Crippen LogP contribution in [-0.2, 0) is 0 Å². The minimum Gasteiger partial charge on any atom is -0.336 e. The molecule has 72 valence electrons. The first-order valence-electron chi connectivity index (χ1n) is 2.91. The van der Waals surface area contributed by atoms with Crippen LogP contribution < -0.4 is 16.6 Å². The number of hydrogen-bond acceptors (Lipinski definition) is 3. The van der Waals surface area contributed by atoms with Crippen molar-refractivity contribution < 1.29 is 18.0 Å². The molecular formula is C4H8F3N3OS. The van der Waals surface area contributed by atoms with E-state index in [0.717, 1.165) is 0 Å². The summed E-state index contributed by atoms with van der Waals surface area (Å²) in [5, 5.41) is 2.11. The van der Waals surface area contributed by atoms with E-state index in [4.69, 9.17) is 0 Å². The zero-order chi connectivity index (χ0) is 9.61. The molecule has 0 fully saturated rings. The van der Waals surface area contributed by atoms with E-state index in [1.54, 1.807) is 5.43 Å². The van der Waals surface area contributed by atoms with Crippen LogP contribution in [0.25, 0.3) is 0 Å². The number of rotatable bonds is 3. The average molecular weight is 203 g/mol. The first-order chi connectivity index (χ1) is 5.45. The molecular weight excluding hydrogens is 195 g/mol. The molecule has 4 nitrogen and oxygen atoms in total. The quantitative estimate of drug-likeness (QED) is 0.269. The van der Waals surface area contributed by atoms with Crippen LogP contribution >= 0.6 is 11.8 Å². The standard InChI is InChI=1S/C4H8F3N3OS/c5-4(6,7)12-2-1-9-3(11)10-8/h1-2,8H2,(H2,9,10,11). The van der Waals surface area contributed by atoms with Gasteiger partial charge in [0.1, 0.15) is 0 Å². The summed E-state index contributed by atoms with van der Waals surface area (Å²) in [6.07, 6.45) is 0. The third-order valence-corrected chi connectivity index (χ3v) is 1.52. The van der Waals surface area contributed by atoms with Crippen molar-refractivity contribution in [3.63, 3.8) is 0 Å². The van der Waals surface area contributed by atoms with Crippen LogP contribution in [0.3, 0.4) is 0 Å². The van der Waals surface area contributed by atoms with Gasteiger partial charge in [0.2, 0.25) is 0 Å². The van der Waals surface area contributed by atoms with Gasteiger partial charge in [-0.2, -0.15) is 13.2 Å². The number of urea groups is 1. The molecule has 0 atom stereocenters. The molecule has 0 aromatic heterocycles. The van der Waals surface area contributed by atoms with Crippen molar-refractivity contribution in [2.24, 2.45) is 5.84 Å². The molecule has 0 aliphatic rings. The Morgan fingerprint density at radius 1 is 1.50 bits per heavy atom. The van der Waals surface area contributed by atoms with Crippen molar-refractivity contribution in [2.45, 2.75) is 5.51 Å². The van der Waals surface area contributed by atoms with Crippen molar-refractivity contribution >= 4 is 17.8 Å². The van der Waals surface area contributed by atoms with Gasteiger partial charge in [0.25, 0.3) is 0 Å². The molecule has 0 aliphatic carbocycles. The highest BCUT2D eigenvalue weighted by Gasteiger charge is 2.27.